The standard InChI is InChI=1S/C16H19FN2O2/c1-11-10-19(8-6-15(11)20)16(21)14-5-4-13(17)9-12(14)3-2-7-18/h4-5,9,11,15,20H,6-8,10,18H2,1H3. The second-order valence-corrected chi connectivity index (χ2v) is 5.28. The second kappa shape index (κ2) is 6.70. The predicted octanol–water partition coefficient (Wildman–Crippen LogP) is 0.979. The lowest BCUT2D eigenvalue weighted by molar-refractivity contribution is 0.0297. The van der Waals surface area contributed by atoms with Crippen LogP contribution in [-0.4, -0.2) is 41.7 Å². The SMILES string of the molecule is CC1CN(C(=O)c2ccc(F)cc2C#CCN)CCC1O. The molecule has 0 saturated carbocycles. The van der Waals surface area contributed by atoms with Gasteiger partial charge in [0.25, 0.3) is 5.91 Å². The van der Waals surface area contributed by atoms with Crippen LogP contribution in [0.4, 0.5) is 4.39 Å². The Balaban J connectivity index is 2.26. The van der Waals surface area contributed by atoms with Gasteiger partial charge >= 0.3 is 0 Å². The molecule has 1 aliphatic rings. The number of hydrogen-bond donors (Lipinski definition) is 2. The lowest BCUT2D eigenvalue weighted by atomic mass is 9.95. The first kappa shape index (κ1) is 15.5. The van der Waals surface area contributed by atoms with Crippen molar-refractivity contribution in [3.05, 3.63) is 35.1 Å². The Labute approximate surface area is 123 Å². The van der Waals surface area contributed by atoms with Crippen LogP contribution < -0.4 is 5.73 Å². The summed E-state index contributed by atoms with van der Waals surface area (Å²) in [5.74, 6) is 4.80. The fourth-order valence-corrected chi connectivity index (χ4v) is 2.44. The summed E-state index contributed by atoms with van der Waals surface area (Å²) in [5.41, 5.74) is 6.05. The van der Waals surface area contributed by atoms with E-state index in [2.05, 4.69) is 11.8 Å². The average molecular weight is 290 g/mol. The topological polar surface area (TPSA) is 66.6 Å². The lowest BCUT2D eigenvalue weighted by Crippen LogP contribution is -2.45. The van der Waals surface area contributed by atoms with Crippen LogP contribution in [0.25, 0.3) is 0 Å². The lowest BCUT2D eigenvalue weighted by Gasteiger charge is -2.34. The Bertz CT molecular complexity index is 592. The highest BCUT2D eigenvalue weighted by molar-refractivity contribution is 5.96. The van der Waals surface area contributed by atoms with Crippen molar-refractivity contribution in [2.24, 2.45) is 11.7 Å². The van der Waals surface area contributed by atoms with Crippen LogP contribution in [0.5, 0.6) is 0 Å². The molecular formula is C16H19FN2O2. The maximum Gasteiger partial charge on any atom is 0.255 e. The van der Waals surface area contributed by atoms with Crippen molar-refractivity contribution in [2.75, 3.05) is 19.6 Å². The van der Waals surface area contributed by atoms with E-state index in [0.717, 1.165) is 0 Å². The van der Waals surface area contributed by atoms with Gasteiger partial charge in [-0.15, -0.1) is 0 Å². The highest BCUT2D eigenvalue weighted by Crippen LogP contribution is 2.20. The Morgan fingerprint density at radius 1 is 1.57 bits per heavy atom. The maximum atomic E-state index is 13.3. The smallest absolute Gasteiger partial charge is 0.255 e. The van der Waals surface area contributed by atoms with E-state index in [1.54, 1.807) is 4.90 Å². The van der Waals surface area contributed by atoms with Crippen molar-refractivity contribution in [2.45, 2.75) is 19.4 Å². The van der Waals surface area contributed by atoms with Crippen molar-refractivity contribution in [1.29, 1.82) is 0 Å². The molecule has 1 amide bonds. The third-order valence-corrected chi connectivity index (χ3v) is 3.68. The van der Waals surface area contributed by atoms with E-state index >= 15 is 0 Å². The van der Waals surface area contributed by atoms with E-state index in [9.17, 15) is 14.3 Å². The minimum Gasteiger partial charge on any atom is -0.393 e. The zero-order chi connectivity index (χ0) is 15.4. The fraction of sp³-hybridized carbons (Fsp3) is 0.438. The molecule has 1 aromatic carbocycles. The van der Waals surface area contributed by atoms with Crippen molar-refractivity contribution in [3.63, 3.8) is 0 Å². The summed E-state index contributed by atoms with van der Waals surface area (Å²) in [6, 6.07) is 3.95. The minimum absolute atomic E-state index is 0.0294. The van der Waals surface area contributed by atoms with Crippen LogP contribution in [0.1, 0.15) is 29.3 Å². The number of nitrogens with two attached hydrogens (primary N) is 1. The number of rotatable bonds is 1. The van der Waals surface area contributed by atoms with E-state index in [4.69, 9.17) is 5.73 Å². The van der Waals surface area contributed by atoms with Gasteiger partial charge in [0.05, 0.1) is 18.2 Å². The molecule has 1 aliphatic heterocycles. The van der Waals surface area contributed by atoms with Crippen LogP contribution in [0.2, 0.25) is 0 Å². The molecule has 2 rings (SSSR count). The van der Waals surface area contributed by atoms with E-state index in [1.165, 1.54) is 18.2 Å². The molecule has 0 bridgehead atoms. The van der Waals surface area contributed by atoms with Crippen molar-refractivity contribution >= 4 is 5.91 Å². The second-order valence-electron chi connectivity index (χ2n) is 5.28. The Morgan fingerprint density at radius 2 is 2.33 bits per heavy atom. The molecule has 21 heavy (non-hydrogen) atoms. The van der Waals surface area contributed by atoms with Crippen LogP contribution in [-0.2, 0) is 0 Å². The van der Waals surface area contributed by atoms with E-state index in [1.807, 2.05) is 6.92 Å². The van der Waals surface area contributed by atoms with E-state index in [-0.39, 0.29) is 24.5 Å². The van der Waals surface area contributed by atoms with Gasteiger partial charge in [-0.25, -0.2) is 4.39 Å². The number of amides is 1. The molecule has 4 nitrogen and oxygen atoms in total. The molecule has 0 aromatic heterocycles. The summed E-state index contributed by atoms with van der Waals surface area (Å²) in [7, 11) is 0. The molecule has 1 aromatic rings. The number of aliphatic hydroxyl groups excluding tert-OH is 1. The molecule has 2 unspecified atom stereocenters. The molecule has 0 radical (unpaired) electrons. The van der Waals surface area contributed by atoms with Gasteiger partial charge in [-0.2, -0.15) is 0 Å². The van der Waals surface area contributed by atoms with Gasteiger partial charge in [0, 0.05) is 18.7 Å². The average Bonchev–Trinajstić information content (AvgIpc) is 2.47. The number of likely N-dealkylation sites (tertiary alicyclic amines) is 1. The summed E-state index contributed by atoms with van der Waals surface area (Å²) in [4.78, 5) is 14.2. The number of benzene rings is 1. The van der Waals surface area contributed by atoms with Crippen LogP contribution in [0.3, 0.4) is 0 Å². The van der Waals surface area contributed by atoms with E-state index < -0.39 is 5.82 Å². The molecule has 1 saturated heterocycles. The summed E-state index contributed by atoms with van der Waals surface area (Å²) >= 11 is 0. The zero-order valence-corrected chi connectivity index (χ0v) is 12.0. The van der Waals surface area contributed by atoms with Crippen LogP contribution in [0, 0.1) is 23.6 Å². The Hall–Kier alpha value is -1.90. The van der Waals surface area contributed by atoms with Gasteiger partial charge < -0.3 is 15.7 Å². The summed E-state index contributed by atoms with van der Waals surface area (Å²) in [6.07, 6.45) is 0.177. The number of halogens is 1. The van der Waals surface area contributed by atoms with Gasteiger partial charge in [-0.05, 0) is 30.5 Å². The number of hydrogen-bond acceptors (Lipinski definition) is 3. The maximum absolute atomic E-state index is 13.3. The molecule has 2 atom stereocenters. The molecular weight excluding hydrogens is 271 g/mol. The number of aliphatic hydroxyl groups is 1. The van der Waals surface area contributed by atoms with E-state index in [0.29, 0.717) is 30.6 Å². The first-order valence-electron chi connectivity index (χ1n) is 6.98. The molecule has 5 heteroatoms. The molecule has 1 heterocycles. The van der Waals surface area contributed by atoms with Crippen LogP contribution in [0.15, 0.2) is 18.2 Å². The zero-order valence-electron chi connectivity index (χ0n) is 12.0. The first-order valence-corrected chi connectivity index (χ1v) is 6.98. The molecule has 0 spiro atoms. The predicted molar refractivity (Wildman–Crippen MR) is 78.0 cm³/mol. The Kier molecular flexibility index (Phi) is 4.94. The monoisotopic (exact) mass is 290 g/mol. The van der Waals surface area contributed by atoms with Gasteiger partial charge in [-0.3, -0.25) is 4.79 Å². The fourth-order valence-electron chi connectivity index (χ4n) is 2.44. The molecule has 1 fully saturated rings. The normalized spacial score (nSPS) is 21.6. The largest absolute Gasteiger partial charge is 0.393 e. The number of nitrogens with zero attached hydrogens (tertiary/aromatic N) is 1. The summed E-state index contributed by atoms with van der Waals surface area (Å²) < 4.78 is 13.3. The van der Waals surface area contributed by atoms with Crippen LogP contribution >= 0.6 is 0 Å². The quantitative estimate of drug-likeness (QED) is 0.758. The summed E-state index contributed by atoms with van der Waals surface area (Å²) in [6.45, 7) is 3.04. The van der Waals surface area contributed by atoms with Gasteiger partial charge in [0.15, 0.2) is 0 Å². The molecule has 0 aliphatic carbocycles. The number of piperidine rings is 1. The highest BCUT2D eigenvalue weighted by Gasteiger charge is 2.28. The third-order valence-electron chi connectivity index (χ3n) is 3.68. The molecule has 112 valence electrons. The van der Waals surface area contributed by atoms with Gasteiger partial charge in [0.1, 0.15) is 5.82 Å². The van der Waals surface area contributed by atoms with Crippen molar-refractivity contribution in [3.8, 4) is 11.8 Å². The first-order chi connectivity index (χ1) is 10.0. The van der Waals surface area contributed by atoms with Gasteiger partial charge in [-0.1, -0.05) is 18.8 Å². The Morgan fingerprint density at radius 3 is 3.00 bits per heavy atom. The molecule has 3 N–H and O–H groups in total. The third kappa shape index (κ3) is 3.60. The minimum atomic E-state index is -0.435. The number of carbonyl (C=O) groups excluding carboxylic acids is 1. The highest BCUT2D eigenvalue weighted by atomic mass is 19.1. The number of carbonyl (C=O) groups is 1. The summed E-state index contributed by atoms with van der Waals surface area (Å²) in [5, 5.41) is 9.73. The van der Waals surface area contributed by atoms with Gasteiger partial charge in [0.2, 0.25) is 0 Å². The van der Waals surface area contributed by atoms with Crippen molar-refractivity contribution < 1.29 is 14.3 Å². The van der Waals surface area contributed by atoms with Crippen molar-refractivity contribution in [1.82, 2.24) is 4.90 Å².